The Kier molecular flexibility index (Phi) is 3.52. The minimum Gasteiger partial charge on any atom is -0.399 e. The van der Waals surface area contributed by atoms with E-state index in [0.29, 0.717) is 11.7 Å². The summed E-state index contributed by atoms with van der Waals surface area (Å²) in [6.07, 6.45) is 2.60. The average molecular weight is 237 g/mol. The zero-order chi connectivity index (χ0) is 12.4. The monoisotopic (exact) mass is 237 g/mol. The molecule has 3 N–H and O–H groups in total. The van der Waals surface area contributed by atoms with Crippen molar-refractivity contribution in [3.8, 4) is 0 Å². The lowest BCUT2D eigenvalue weighted by Crippen LogP contribution is -2.36. The number of nitrogen functional groups attached to an aromatic ring is 1. The van der Waals surface area contributed by atoms with Crippen molar-refractivity contribution in [2.45, 2.75) is 31.8 Å². The molecule has 0 aliphatic heterocycles. The van der Waals surface area contributed by atoms with E-state index in [1.807, 2.05) is 0 Å². The first kappa shape index (κ1) is 12.2. The largest absolute Gasteiger partial charge is 0.399 e. The zero-order valence-corrected chi connectivity index (χ0v) is 10.4. The van der Waals surface area contributed by atoms with E-state index in [1.54, 1.807) is 6.07 Å². The van der Waals surface area contributed by atoms with Crippen LogP contribution in [0.25, 0.3) is 0 Å². The molecule has 1 aliphatic carbocycles. The third kappa shape index (κ3) is 3.33. The Balaban J connectivity index is 1.88. The summed E-state index contributed by atoms with van der Waals surface area (Å²) in [5.41, 5.74) is 6.80. The van der Waals surface area contributed by atoms with Crippen molar-refractivity contribution in [2.75, 3.05) is 24.6 Å². The topological polar surface area (TPSA) is 41.3 Å². The Morgan fingerprint density at radius 1 is 1.47 bits per heavy atom. The molecule has 0 amide bonds. The molecule has 0 radical (unpaired) electrons. The van der Waals surface area contributed by atoms with Crippen molar-refractivity contribution in [3.63, 3.8) is 0 Å². The van der Waals surface area contributed by atoms with E-state index >= 15 is 0 Å². The van der Waals surface area contributed by atoms with E-state index in [1.165, 1.54) is 25.0 Å². The van der Waals surface area contributed by atoms with Crippen LogP contribution in [0.5, 0.6) is 0 Å². The number of nitrogens with two attached hydrogens (primary N) is 1. The maximum Gasteiger partial charge on any atom is 0.127 e. The number of halogens is 1. The Bertz CT molecular complexity index is 370. The maximum atomic E-state index is 13.1. The molecule has 0 saturated heterocycles. The second-order valence-corrected chi connectivity index (χ2v) is 4.90. The van der Waals surface area contributed by atoms with Gasteiger partial charge in [-0.15, -0.1) is 0 Å². The summed E-state index contributed by atoms with van der Waals surface area (Å²) in [6, 6.07) is 5.73. The lowest BCUT2D eigenvalue weighted by molar-refractivity contribution is 0.257. The third-order valence-corrected chi connectivity index (χ3v) is 3.34. The molecule has 1 atom stereocenters. The number of likely N-dealkylation sites (N-methyl/N-ethyl adjacent to an activating group) is 1. The zero-order valence-electron chi connectivity index (χ0n) is 10.4. The van der Waals surface area contributed by atoms with Crippen LogP contribution in [0.15, 0.2) is 18.2 Å². The van der Waals surface area contributed by atoms with Gasteiger partial charge in [0.05, 0.1) is 0 Å². The minimum atomic E-state index is -0.296. The van der Waals surface area contributed by atoms with Gasteiger partial charge in [-0.05, 0) is 45.0 Å². The molecule has 1 aliphatic rings. The van der Waals surface area contributed by atoms with Gasteiger partial charge in [0.2, 0.25) is 0 Å². The molecule has 0 aromatic heterocycles. The van der Waals surface area contributed by atoms with Gasteiger partial charge >= 0.3 is 0 Å². The van der Waals surface area contributed by atoms with Crippen molar-refractivity contribution >= 4 is 11.4 Å². The van der Waals surface area contributed by atoms with Crippen LogP contribution in [0.4, 0.5) is 15.8 Å². The standard InChI is InChI=1S/C13H20FN3/c1-9(17(2)13-3-4-13)8-16-12-6-10(14)5-11(15)7-12/h5-7,9,13,16H,3-4,8,15H2,1-2H3. The summed E-state index contributed by atoms with van der Waals surface area (Å²) in [4.78, 5) is 2.37. The van der Waals surface area contributed by atoms with E-state index in [-0.39, 0.29) is 5.82 Å². The van der Waals surface area contributed by atoms with Crippen molar-refractivity contribution in [1.82, 2.24) is 4.90 Å². The summed E-state index contributed by atoms with van der Waals surface area (Å²) in [7, 11) is 2.14. The van der Waals surface area contributed by atoms with Crippen LogP contribution in [0, 0.1) is 5.82 Å². The second-order valence-electron chi connectivity index (χ2n) is 4.90. The smallest absolute Gasteiger partial charge is 0.127 e. The first-order chi connectivity index (χ1) is 8.06. The van der Waals surface area contributed by atoms with E-state index in [4.69, 9.17) is 5.73 Å². The molecule has 1 aromatic rings. The van der Waals surface area contributed by atoms with Crippen LogP contribution in [-0.4, -0.2) is 30.6 Å². The van der Waals surface area contributed by atoms with Gasteiger partial charge in [-0.3, -0.25) is 4.90 Å². The maximum absolute atomic E-state index is 13.1. The molecule has 1 fully saturated rings. The third-order valence-electron chi connectivity index (χ3n) is 3.34. The van der Waals surface area contributed by atoms with Crippen LogP contribution in [0.3, 0.4) is 0 Å². The lowest BCUT2D eigenvalue weighted by Gasteiger charge is -2.25. The molecule has 17 heavy (non-hydrogen) atoms. The molecule has 1 unspecified atom stereocenters. The molecular weight excluding hydrogens is 217 g/mol. The van der Waals surface area contributed by atoms with Gasteiger partial charge in [0.15, 0.2) is 0 Å². The predicted octanol–water partition coefficient (Wildman–Crippen LogP) is 2.30. The highest BCUT2D eigenvalue weighted by Gasteiger charge is 2.28. The van der Waals surface area contributed by atoms with E-state index in [9.17, 15) is 4.39 Å². The van der Waals surface area contributed by atoms with Crippen LogP contribution in [-0.2, 0) is 0 Å². The second kappa shape index (κ2) is 4.92. The average Bonchev–Trinajstić information content (AvgIpc) is 3.07. The lowest BCUT2D eigenvalue weighted by atomic mass is 10.2. The number of hydrogen-bond acceptors (Lipinski definition) is 3. The number of benzene rings is 1. The first-order valence-corrected chi connectivity index (χ1v) is 6.08. The van der Waals surface area contributed by atoms with Crippen molar-refractivity contribution in [3.05, 3.63) is 24.0 Å². The van der Waals surface area contributed by atoms with Crippen molar-refractivity contribution in [2.24, 2.45) is 0 Å². The number of nitrogens with one attached hydrogen (secondary N) is 1. The number of rotatable bonds is 5. The van der Waals surface area contributed by atoms with Gasteiger partial charge in [0.25, 0.3) is 0 Å². The molecular formula is C13H20FN3. The van der Waals surface area contributed by atoms with E-state index < -0.39 is 0 Å². The molecule has 4 heteroatoms. The molecule has 94 valence electrons. The van der Waals surface area contributed by atoms with Crippen LogP contribution < -0.4 is 11.1 Å². The summed E-state index contributed by atoms with van der Waals surface area (Å²) in [5.74, 6) is -0.296. The highest BCUT2D eigenvalue weighted by Crippen LogP contribution is 2.27. The predicted molar refractivity (Wildman–Crippen MR) is 69.5 cm³/mol. The summed E-state index contributed by atoms with van der Waals surface area (Å²) in [5, 5.41) is 3.23. The Morgan fingerprint density at radius 3 is 2.76 bits per heavy atom. The normalized spacial score (nSPS) is 17.2. The highest BCUT2D eigenvalue weighted by atomic mass is 19.1. The van der Waals surface area contributed by atoms with Crippen LogP contribution in [0.1, 0.15) is 19.8 Å². The number of nitrogens with zero attached hydrogens (tertiary/aromatic N) is 1. The fourth-order valence-corrected chi connectivity index (χ4v) is 1.97. The van der Waals surface area contributed by atoms with Crippen molar-refractivity contribution in [1.29, 1.82) is 0 Å². The molecule has 0 bridgehead atoms. The molecule has 0 spiro atoms. The first-order valence-electron chi connectivity index (χ1n) is 6.08. The van der Waals surface area contributed by atoms with Gasteiger partial charge in [-0.25, -0.2) is 4.39 Å². The Labute approximate surface area is 102 Å². The van der Waals surface area contributed by atoms with Gasteiger partial charge in [-0.2, -0.15) is 0 Å². The molecule has 3 nitrogen and oxygen atoms in total. The van der Waals surface area contributed by atoms with Gasteiger partial charge in [-0.1, -0.05) is 0 Å². The summed E-state index contributed by atoms with van der Waals surface area (Å²) < 4.78 is 13.1. The van der Waals surface area contributed by atoms with Crippen LogP contribution in [0.2, 0.25) is 0 Å². The van der Waals surface area contributed by atoms with Gasteiger partial charge < -0.3 is 11.1 Å². The number of hydrogen-bond donors (Lipinski definition) is 2. The minimum absolute atomic E-state index is 0.296. The fraction of sp³-hybridized carbons (Fsp3) is 0.538. The summed E-state index contributed by atoms with van der Waals surface area (Å²) >= 11 is 0. The Morgan fingerprint density at radius 2 is 2.18 bits per heavy atom. The van der Waals surface area contributed by atoms with E-state index in [0.717, 1.165) is 18.3 Å². The molecule has 1 aromatic carbocycles. The summed E-state index contributed by atoms with van der Waals surface area (Å²) in [6.45, 7) is 2.98. The van der Waals surface area contributed by atoms with E-state index in [2.05, 4.69) is 24.2 Å². The number of anilines is 2. The quantitative estimate of drug-likeness (QED) is 0.772. The fourth-order valence-electron chi connectivity index (χ4n) is 1.97. The molecule has 1 saturated carbocycles. The molecule has 0 heterocycles. The Hall–Kier alpha value is -1.29. The van der Waals surface area contributed by atoms with Crippen LogP contribution >= 0.6 is 0 Å². The highest BCUT2D eigenvalue weighted by molar-refractivity contribution is 5.54. The molecule has 2 rings (SSSR count). The van der Waals surface area contributed by atoms with Gasteiger partial charge in [0, 0.05) is 30.0 Å². The SMILES string of the molecule is CC(CNc1cc(N)cc(F)c1)N(C)C1CC1. The van der Waals surface area contributed by atoms with Gasteiger partial charge in [0.1, 0.15) is 5.82 Å². The van der Waals surface area contributed by atoms with Crippen molar-refractivity contribution < 1.29 is 4.39 Å².